The van der Waals surface area contributed by atoms with E-state index in [2.05, 4.69) is 0 Å². The van der Waals surface area contributed by atoms with Crippen LogP contribution in [0, 0.1) is 0 Å². The summed E-state index contributed by atoms with van der Waals surface area (Å²) >= 11 is 0. The van der Waals surface area contributed by atoms with Crippen LogP contribution in [0.15, 0.2) is 24.5 Å². The van der Waals surface area contributed by atoms with E-state index in [1.165, 1.54) is 10.8 Å². The summed E-state index contributed by atoms with van der Waals surface area (Å²) in [5.41, 5.74) is 0.312. The smallest absolute Gasteiger partial charge is 0.344 e. The highest BCUT2D eigenvalue weighted by atomic mass is 16.6. The first-order valence-electron chi connectivity index (χ1n) is 6.38. The van der Waals surface area contributed by atoms with Crippen molar-refractivity contribution in [3.05, 3.63) is 30.1 Å². The van der Waals surface area contributed by atoms with Crippen molar-refractivity contribution in [2.24, 2.45) is 0 Å². The number of carbonyl (C=O) groups excluding carboxylic acids is 1. The number of carbonyl (C=O) groups is 1. The van der Waals surface area contributed by atoms with Gasteiger partial charge in [0.1, 0.15) is 17.8 Å². The highest BCUT2D eigenvalue weighted by Crippen LogP contribution is 2.25. The minimum atomic E-state index is -1.19. The molecule has 0 aromatic carbocycles. The lowest BCUT2D eigenvalue weighted by molar-refractivity contribution is -0.765. The van der Waals surface area contributed by atoms with Crippen molar-refractivity contribution >= 4 is 5.97 Å². The van der Waals surface area contributed by atoms with Gasteiger partial charge in [-0.05, 0) is 13.0 Å². The van der Waals surface area contributed by atoms with Gasteiger partial charge in [-0.2, -0.15) is 4.57 Å². The van der Waals surface area contributed by atoms with Crippen LogP contribution in [0.4, 0.5) is 0 Å². The van der Waals surface area contributed by atoms with Crippen molar-refractivity contribution in [2.75, 3.05) is 13.2 Å². The maximum absolute atomic E-state index is 11.6. The van der Waals surface area contributed by atoms with Crippen molar-refractivity contribution in [2.45, 2.75) is 31.5 Å². The molecule has 0 saturated carbocycles. The Balaban J connectivity index is 2.21. The third-order valence-electron chi connectivity index (χ3n) is 3.14. The van der Waals surface area contributed by atoms with Crippen LogP contribution in [-0.4, -0.2) is 52.8 Å². The molecule has 0 amide bonds. The Labute approximate surface area is 116 Å². The lowest BCUT2D eigenvalue weighted by Gasteiger charge is -2.10. The molecule has 0 aliphatic carbocycles. The van der Waals surface area contributed by atoms with Gasteiger partial charge >= 0.3 is 5.97 Å². The van der Waals surface area contributed by atoms with E-state index in [0.29, 0.717) is 5.56 Å². The molecule has 110 valence electrons. The zero-order chi connectivity index (χ0) is 14.7. The minimum absolute atomic E-state index is 0.265. The van der Waals surface area contributed by atoms with Gasteiger partial charge in [-0.15, -0.1) is 0 Å². The van der Waals surface area contributed by atoms with Crippen LogP contribution in [0.1, 0.15) is 23.5 Å². The van der Waals surface area contributed by atoms with E-state index in [0.717, 1.165) is 0 Å². The third-order valence-corrected chi connectivity index (χ3v) is 3.14. The van der Waals surface area contributed by atoms with Gasteiger partial charge in [0, 0.05) is 6.07 Å². The zero-order valence-corrected chi connectivity index (χ0v) is 11.0. The molecule has 7 heteroatoms. The number of ether oxygens (including phenoxy) is 2. The highest BCUT2D eigenvalue weighted by Gasteiger charge is 2.48. The number of aliphatic hydroxyl groups excluding tert-OH is 3. The van der Waals surface area contributed by atoms with Gasteiger partial charge in [0.05, 0.1) is 13.2 Å². The van der Waals surface area contributed by atoms with Gasteiger partial charge in [-0.25, -0.2) is 4.79 Å². The predicted molar refractivity (Wildman–Crippen MR) is 65.6 cm³/mol. The standard InChI is InChI=1S/C13H18NO6/c1-2-19-13(18)8-4-3-5-14(6-8)12-11(17)10(16)9(7-15)20-12/h3-6,9-12,15-17H,2,7H2,1H3/q+1/t9-,10?,11+,12-/m1/s1. The Morgan fingerprint density at radius 3 is 2.80 bits per heavy atom. The van der Waals surface area contributed by atoms with Crippen molar-refractivity contribution < 1.29 is 34.2 Å². The Morgan fingerprint density at radius 2 is 2.20 bits per heavy atom. The molecule has 1 fully saturated rings. The van der Waals surface area contributed by atoms with Crippen molar-refractivity contribution in [1.29, 1.82) is 0 Å². The summed E-state index contributed by atoms with van der Waals surface area (Å²) in [6.45, 7) is 1.58. The van der Waals surface area contributed by atoms with Crippen LogP contribution in [0.3, 0.4) is 0 Å². The molecular weight excluding hydrogens is 266 g/mol. The molecular formula is C13H18NO6+. The second-order valence-corrected chi connectivity index (χ2v) is 4.49. The summed E-state index contributed by atoms with van der Waals surface area (Å²) in [6.07, 6.45) is -1.01. The number of aromatic nitrogens is 1. The first-order chi connectivity index (χ1) is 9.58. The number of aliphatic hydroxyl groups is 3. The van der Waals surface area contributed by atoms with Gasteiger partial charge in [-0.1, -0.05) is 0 Å². The largest absolute Gasteiger partial charge is 0.462 e. The molecule has 4 atom stereocenters. The number of nitrogens with zero attached hydrogens (tertiary/aromatic N) is 1. The van der Waals surface area contributed by atoms with Crippen molar-refractivity contribution in [3.8, 4) is 0 Å². The molecule has 1 aliphatic heterocycles. The first kappa shape index (κ1) is 14.9. The topological polar surface area (TPSA) is 100 Å². The van der Waals surface area contributed by atoms with E-state index in [1.807, 2.05) is 0 Å². The first-order valence-corrected chi connectivity index (χ1v) is 6.38. The lowest BCUT2D eigenvalue weighted by atomic mass is 10.1. The van der Waals surface area contributed by atoms with Gasteiger partial charge in [0.2, 0.25) is 0 Å². The van der Waals surface area contributed by atoms with E-state index < -0.39 is 37.1 Å². The zero-order valence-electron chi connectivity index (χ0n) is 11.0. The van der Waals surface area contributed by atoms with E-state index in [-0.39, 0.29) is 6.61 Å². The second kappa shape index (κ2) is 6.27. The Morgan fingerprint density at radius 1 is 1.45 bits per heavy atom. The van der Waals surface area contributed by atoms with Gasteiger partial charge in [0.15, 0.2) is 18.5 Å². The summed E-state index contributed by atoms with van der Waals surface area (Å²) in [4.78, 5) is 11.6. The molecule has 2 heterocycles. The Hall–Kier alpha value is -1.54. The Bertz CT molecular complexity index is 480. The summed E-state index contributed by atoms with van der Waals surface area (Å²) < 4.78 is 11.7. The number of esters is 1. The van der Waals surface area contributed by atoms with E-state index in [4.69, 9.17) is 14.6 Å². The molecule has 1 saturated heterocycles. The third kappa shape index (κ3) is 2.80. The highest BCUT2D eigenvalue weighted by molar-refractivity contribution is 5.88. The van der Waals surface area contributed by atoms with Crippen LogP contribution in [0.2, 0.25) is 0 Å². The van der Waals surface area contributed by atoms with E-state index >= 15 is 0 Å². The lowest BCUT2D eigenvalue weighted by Crippen LogP contribution is -2.46. The SMILES string of the molecule is CCOC(=O)c1ccc[n+]([C@@H]2O[C@H](CO)C(O)[C@@H]2O)c1. The van der Waals surface area contributed by atoms with E-state index in [9.17, 15) is 15.0 Å². The van der Waals surface area contributed by atoms with E-state index in [1.54, 1.807) is 25.3 Å². The maximum Gasteiger partial charge on any atom is 0.344 e. The quantitative estimate of drug-likeness (QED) is 0.472. The summed E-state index contributed by atoms with van der Waals surface area (Å²) in [7, 11) is 0. The molecule has 0 bridgehead atoms. The molecule has 0 radical (unpaired) electrons. The van der Waals surface area contributed by atoms with Crippen molar-refractivity contribution in [1.82, 2.24) is 0 Å². The molecule has 1 aromatic heterocycles. The van der Waals surface area contributed by atoms with Crippen LogP contribution in [0.25, 0.3) is 0 Å². The number of pyridine rings is 1. The fourth-order valence-electron chi connectivity index (χ4n) is 2.11. The molecule has 0 spiro atoms. The predicted octanol–water partition coefficient (Wildman–Crippen LogP) is -1.24. The Kier molecular flexibility index (Phi) is 4.66. The second-order valence-electron chi connectivity index (χ2n) is 4.49. The summed E-state index contributed by atoms with van der Waals surface area (Å²) in [6, 6.07) is 3.19. The normalized spacial score (nSPS) is 29.4. The molecule has 1 unspecified atom stereocenters. The van der Waals surface area contributed by atoms with Crippen LogP contribution >= 0.6 is 0 Å². The number of hydrogen-bond donors (Lipinski definition) is 3. The van der Waals surface area contributed by atoms with Crippen LogP contribution in [0.5, 0.6) is 0 Å². The summed E-state index contributed by atoms with van der Waals surface area (Å²) in [5.74, 6) is -0.478. The molecule has 3 N–H and O–H groups in total. The van der Waals surface area contributed by atoms with Gasteiger partial charge < -0.3 is 24.8 Å². The number of rotatable bonds is 4. The van der Waals surface area contributed by atoms with Crippen molar-refractivity contribution in [3.63, 3.8) is 0 Å². The maximum atomic E-state index is 11.6. The van der Waals surface area contributed by atoms with Crippen LogP contribution < -0.4 is 4.57 Å². The molecule has 7 nitrogen and oxygen atoms in total. The minimum Gasteiger partial charge on any atom is -0.462 e. The average Bonchev–Trinajstić information content (AvgIpc) is 2.75. The molecule has 20 heavy (non-hydrogen) atoms. The van der Waals surface area contributed by atoms with Gasteiger partial charge in [0.25, 0.3) is 6.23 Å². The monoisotopic (exact) mass is 284 g/mol. The van der Waals surface area contributed by atoms with Gasteiger partial charge in [-0.3, -0.25) is 0 Å². The van der Waals surface area contributed by atoms with Crippen LogP contribution in [-0.2, 0) is 9.47 Å². The molecule has 1 aliphatic rings. The summed E-state index contributed by atoms with van der Waals surface area (Å²) in [5, 5.41) is 28.7. The fraction of sp³-hybridized carbons (Fsp3) is 0.538. The number of hydrogen-bond acceptors (Lipinski definition) is 6. The average molecular weight is 284 g/mol. The fourth-order valence-corrected chi connectivity index (χ4v) is 2.11. The molecule has 2 rings (SSSR count). The molecule has 1 aromatic rings.